The molecule has 1 aliphatic heterocycles. The third kappa shape index (κ3) is 3.15. The summed E-state index contributed by atoms with van der Waals surface area (Å²) in [6, 6.07) is 14.6. The number of ether oxygens (including phenoxy) is 2. The molecule has 1 aliphatic rings. The highest BCUT2D eigenvalue weighted by Crippen LogP contribution is 2.45. The Morgan fingerprint density at radius 1 is 1.00 bits per heavy atom. The Morgan fingerprint density at radius 3 is 2.41 bits per heavy atom. The van der Waals surface area contributed by atoms with Gasteiger partial charge in [0, 0.05) is 17.5 Å². The quantitative estimate of drug-likeness (QED) is 0.368. The summed E-state index contributed by atoms with van der Waals surface area (Å²) in [5.41, 5.74) is 1.89. The van der Waals surface area contributed by atoms with Crippen LogP contribution in [0, 0.1) is 0 Å². The molecule has 0 fully saturated rings. The summed E-state index contributed by atoms with van der Waals surface area (Å²) in [5.74, 6) is -0.379. The van der Waals surface area contributed by atoms with Crippen LogP contribution in [0.15, 0.2) is 70.1 Å². The summed E-state index contributed by atoms with van der Waals surface area (Å²) < 4.78 is 16.4. The zero-order valence-electron chi connectivity index (χ0n) is 17.0. The van der Waals surface area contributed by atoms with Crippen LogP contribution in [0.3, 0.4) is 0 Å². The molecule has 0 bridgehead atoms. The van der Waals surface area contributed by atoms with Gasteiger partial charge in [-0.15, -0.1) is 0 Å². The number of esters is 1. The van der Waals surface area contributed by atoms with Crippen molar-refractivity contribution in [3.63, 3.8) is 0 Å². The number of benzene rings is 3. The van der Waals surface area contributed by atoms with Crippen LogP contribution < -0.4 is 14.9 Å². The summed E-state index contributed by atoms with van der Waals surface area (Å²) in [5, 5.41) is 20.3. The van der Waals surface area contributed by atoms with E-state index in [-0.39, 0.29) is 40.2 Å². The summed E-state index contributed by atoms with van der Waals surface area (Å²) >= 11 is 0. The lowest BCUT2D eigenvalue weighted by molar-refractivity contribution is -0.135. The van der Waals surface area contributed by atoms with E-state index in [1.165, 1.54) is 24.5 Å². The van der Waals surface area contributed by atoms with Crippen molar-refractivity contribution >= 4 is 16.9 Å². The van der Waals surface area contributed by atoms with E-state index in [9.17, 15) is 19.8 Å². The van der Waals surface area contributed by atoms with Gasteiger partial charge < -0.3 is 24.1 Å². The average molecular weight is 430 g/mol. The van der Waals surface area contributed by atoms with Crippen LogP contribution in [0.2, 0.25) is 0 Å². The molecular formula is C25H18O7. The Kier molecular flexibility index (Phi) is 4.59. The second kappa shape index (κ2) is 7.46. The third-order valence-electron chi connectivity index (χ3n) is 5.67. The minimum atomic E-state index is -0.468. The van der Waals surface area contributed by atoms with Crippen molar-refractivity contribution in [3.8, 4) is 34.1 Å². The molecule has 0 radical (unpaired) electrons. The van der Waals surface area contributed by atoms with Gasteiger partial charge >= 0.3 is 5.97 Å². The highest BCUT2D eigenvalue weighted by Gasteiger charge is 2.33. The number of carbonyl (C=O) groups is 1. The van der Waals surface area contributed by atoms with Crippen molar-refractivity contribution < 1.29 is 28.9 Å². The number of rotatable bonds is 3. The van der Waals surface area contributed by atoms with Gasteiger partial charge in [-0.2, -0.15) is 0 Å². The molecule has 4 aromatic rings. The van der Waals surface area contributed by atoms with Gasteiger partial charge in [-0.1, -0.05) is 24.3 Å². The number of aromatic hydroxyl groups is 2. The van der Waals surface area contributed by atoms with Crippen LogP contribution in [0.5, 0.6) is 23.0 Å². The Morgan fingerprint density at radius 2 is 1.72 bits per heavy atom. The highest BCUT2D eigenvalue weighted by atomic mass is 16.5. The molecule has 1 unspecified atom stereocenters. The second-order valence-corrected chi connectivity index (χ2v) is 7.54. The van der Waals surface area contributed by atoms with Crippen LogP contribution in [-0.2, 0) is 4.79 Å². The topological polar surface area (TPSA) is 106 Å². The largest absolute Gasteiger partial charge is 0.508 e. The number of carbonyl (C=O) groups excluding carboxylic acids is 1. The van der Waals surface area contributed by atoms with Crippen molar-refractivity contribution in [3.05, 3.63) is 82.2 Å². The maximum Gasteiger partial charge on any atom is 0.312 e. The molecule has 0 aliphatic carbocycles. The number of phenolic OH excluding ortho intramolecular Hbond substituents is 2. The van der Waals surface area contributed by atoms with Gasteiger partial charge in [0.15, 0.2) is 0 Å². The first-order chi connectivity index (χ1) is 15.5. The molecule has 0 saturated carbocycles. The van der Waals surface area contributed by atoms with E-state index in [1.807, 2.05) is 0 Å². The van der Waals surface area contributed by atoms with Crippen LogP contribution >= 0.6 is 0 Å². The Bertz CT molecular complexity index is 1400. The van der Waals surface area contributed by atoms with Gasteiger partial charge in [0.1, 0.15) is 40.2 Å². The highest BCUT2D eigenvalue weighted by molar-refractivity contribution is 5.94. The third-order valence-corrected chi connectivity index (χ3v) is 5.67. The number of phenols is 2. The number of hydrogen-bond acceptors (Lipinski definition) is 7. The Hall–Kier alpha value is -4.26. The summed E-state index contributed by atoms with van der Waals surface area (Å²) in [6.45, 7) is 0. The summed E-state index contributed by atoms with van der Waals surface area (Å²) in [7, 11) is 1.55. The van der Waals surface area contributed by atoms with Crippen molar-refractivity contribution in [1.29, 1.82) is 0 Å². The molecule has 7 heteroatoms. The molecule has 160 valence electrons. The average Bonchev–Trinajstić information content (AvgIpc) is 2.79. The van der Waals surface area contributed by atoms with Gasteiger partial charge in [0.25, 0.3) is 0 Å². The van der Waals surface area contributed by atoms with E-state index >= 15 is 0 Å². The SMILES string of the molecule is COc1ccc(-c2coc3c4c(cc(O)c3c2=O)OC(=O)CC4c2ccc(O)cc2)cc1. The minimum absolute atomic E-state index is 0.0128. The monoisotopic (exact) mass is 430 g/mol. The summed E-state index contributed by atoms with van der Waals surface area (Å²) in [6.07, 6.45) is 1.37. The van der Waals surface area contributed by atoms with E-state index in [1.54, 1.807) is 43.5 Å². The zero-order valence-corrected chi connectivity index (χ0v) is 17.0. The number of methoxy groups -OCH3 is 1. The molecule has 5 rings (SSSR count). The lowest BCUT2D eigenvalue weighted by atomic mass is 9.85. The Labute approximate surface area is 182 Å². The first-order valence-corrected chi connectivity index (χ1v) is 9.91. The van der Waals surface area contributed by atoms with Gasteiger partial charge in [0.2, 0.25) is 5.43 Å². The van der Waals surface area contributed by atoms with Gasteiger partial charge in [-0.3, -0.25) is 9.59 Å². The van der Waals surface area contributed by atoms with E-state index in [4.69, 9.17) is 13.9 Å². The molecule has 3 aromatic carbocycles. The van der Waals surface area contributed by atoms with Crippen LogP contribution in [0.1, 0.15) is 23.5 Å². The maximum absolute atomic E-state index is 13.4. The molecule has 7 nitrogen and oxygen atoms in total. The first-order valence-electron chi connectivity index (χ1n) is 9.91. The van der Waals surface area contributed by atoms with Crippen molar-refractivity contribution in [1.82, 2.24) is 0 Å². The van der Waals surface area contributed by atoms with Crippen molar-refractivity contribution in [2.24, 2.45) is 0 Å². The fourth-order valence-electron chi connectivity index (χ4n) is 4.09. The van der Waals surface area contributed by atoms with Gasteiger partial charge in [-0.25, -0.2) is 0 Å². The lowest BCUT2D eigenvalue weighted by Crippen LogP contribution is -2.22. The van der Waals surface area contributed by atoms with E-state index < -0.39 is 17.3 Å². The van der Waals surface area contributed by atoms with Gasteiger partial charge in [0.05, 0.1) is 19.1 Å². The smallest absolute Gasteiger partial charge is 0.312 e. The van der Waals surface area contributed by atoms with Crippen LogP contribution in [0.25, 0.3) is 22.1 Å². The van der Waals surface area contributed by atoms with Crippen LogP contribution in [-0.4, -0.2) is 23.3 Å². The summed E-state index contributed by atoms with van der Waals surface area (Å²) in [4.78, 5) is 25.6. The van der Waals surface area contributed by atoms with Gasteiger partial charge in [-0.05, 0) is 35.4 Å². The Balaban J connectivity index is 1.74. The number of fused-ring (bicyclic) bond motifs is 3. The van der Waals surface area contributed by atoms with E-state index in [2.05, 4.69) is 0 Å². The minimum Gasteiger partial charge on any atom is -0.508 e. The molecule has 1 aromatic heterocycles. The standard InChI is InChI=1S/C25H18O7/c1-30-16-8-4-14(5-9-16)18-12-31-25-22-17(13-2-6-15(26)7-3-13)10-21(28)32-20(22)11-19(27)23(25)24(18)29/h2-9,11-12,17,26-27H,10H2,1H3. The zero-order chi connectivity index (χ0) is 22.4. The number of hydrogen-bond donors (Lipinski definition) is 2. The second-order valence-electron chi connectivity index (χ2n) is 7.54. The predicted molar refractivity (Wildman–Crippen MR) is 116 cm³/mol. The first kappa shape index (κ1) is 19.7. The van der Waals surface area contributed by atoms with Crippen molar-refractivity contribution in [2.45, 2.75) is 12.3 Å². The molecule has 0 spiro atoms. The molecule has 2 N–H and O–H groups in total. The van der Waals surface area contributed by atoms with E-state index in [0.29, 0.717) is 16.9 Å². The molecule has 0 amide bonds. The molecule has 0 saturated heterocycles. The fraction of sp³-hybridized carbons (Fsp3) is 0.120. The van der Waals surface area contributed by atoms with E-state index in [0.717, 1.165) is 5.56 Å². The van der Waals surface area contributed by atoms with Crippen LogP contribution in [0.4, 0.5) is 0 Å². The maximum atomic E-state index is 13.4. The molecule has 1 atom stereocenters. The normalized spacial score (nSPS) is 15.3. The lowest BCUT2D eigenvalue weighted by Gasteiger charge is -2.26. The predicted octanol–water partition coefficient (Wildman–Crippen LogP) is 4.32. The van der Waals surface area contributed by atoms with Crippen molar-refractivity contribution in [2.75, 3.05) is 7.11 Å². The molecule has 32 heavy (non-hydrogen) atoms. The molecular weight excluding hydrogens is 412 g/mol. The molecule has 2 heterocycles. The fourth-order valence-corrected chi connectivity index (χ4v) is 4.09.